The Kier molecular flexibility index (Phi) is 3.11. The molecule has 0 spiro atoms. The quantitative estimate of drug-likeness (QED) is 0.725. The van der Waals surface area contributed by atoms with E-state index in [1.807, 2.05) is 12.1 Å². The first kappa shape index (κ1) is 13.3. The molecule has 1 aromatic rings. The second-order valence-electron chi connectivity index (χ2n) is 6.90. The van der Waals surface area contributed by atoms with Gasteiger partial charge in [0.25, 0.3) is 0 Å². The number of anilines is 3. The summed E-state index contributed by atoms with van der Waals surface area (Å²) in [5, 5.41) is 6.44. The second kappa shape index (κ2) is 4.69. The molecule has 2 aliphatic rings. The predicted octanol–water partition coefficient (Wildman–Crippen LogP) is 3.14. The van der Waals surface area contributed by atoms with Crippen molar-refractivity contribution in [2.45, 2.75) is 52.0 Å². The molecule has 3 rings (SSSR count). The average Bonchev–Trinajstić information content (AvgIpc) is 2.71. The van der Waals surface area contributed by atoms with Crippen LogP contribution in [0, 0.1) is 5.41 Å². The Balaban J connectivity index is 1.73. The van der Waals surface area contributed by atoms with Crippen molar-refractivity contribution in [1.82, 2.24) is 0 Å². The summed E-state index contributed by atoms with van der Waals surface area (Å²) in [4.78, 5) is 11.4. The number of benzene rings is 1. The molecule has 0 bridgehead atoms. The fourth-order valence-electron chi connectivity index (χ4n) is 3.18. The van der Waals surface area contributed by atoms with Crippen molar-refractivity contribution in [3.05, 3.63) is 17.7 Å². The molecule has 1 aliphatic carbocycles. The summed E-state index contributed by atoms with van der Waals surface area (Å²) >= 11 is 0. The lowest BCUT2D eigenvalue weighted by Crippen LogP contribution is -2.30. The molecule has 0 atom stereocenters. The van der Waals surface area contributed by atoms with Gasteiger partial charge in [0.15, 0.2) is 0 Å². The van der Waals surface area contributed by atoms with E-state index in [9.17, 15) is 4.79 Å². The van der Waals surface area contributed by atoms with Crippen LogP contribution in [0.3, 0.4) is 0 Å². The van der Waals surface area contributed by atoms with Gasteiger partial charge in [-0.2, -0.15) is 0 Å². The van der Waals surface area contributed by atoms with Gasteiger partial charge in [-0.15, -0.1) is 0 Å². The van der Waals surface area contributed by atoms with E-state index in [0.717, 1.165) is 22.6 Å². The minimum atomic E-state index is 0.0518. The first-order valence-corrected chi connectivity index (χ1v) is 7.42. The molecule has 0 radical (unpaired) electrons. The first-order valence-electron chi connectivity index (χ1n) is 7.42. The summed E-state index contributed by atoms with van der Waals surface area (Å²) in [6.45, 7) is 4.67. The molecule has 4 N–H and O–H groups in total. The fourth-order valence-corrected chi connectivity index (χ4v) is 3.18. The number of carbonyl (C=O) groups is 1. The van der Waals surface area contributed by atoms with E-state index in [1.165, 1.54) is 25.7 Å². The van der Waals surface area contributed by atoms with Crippen LogP contribution >= 0.6 is 0 Å². The average molecular weight is 273 g/mol. The van der Waals surface area contributed by atoms with Gasteiger partial charge in [0, 0.05) is 11.7 Å². The van der Waals surface area contributed by atoms with E-state index in [2.05, 4.69) is 24.5 Å². The zero-order valence-corrected chi connectivity index (χ0v) is 12.3. The van der Waals surface area contributed by atoms with Gasteiger partial charge in [-0.1, -0.05) is 13.8 Å². The minimum Gasteiger partial charge on any atom is -0.397 e. The van der Waals surface area contributed by atoms with Crippen molar-refractivity contribution in [1.29, 1.82) is 0 Å². The van der Waals surface area contributed by atoms with Gasteiger partial charge < -0.3 is 16.4 Å². The van der Waals surface area contributed by atoms with Gasteiger partial charge in [0.1, 0.15) is 0 Å². The lowest BCUT2D eigenvalue weighted by atomic mass is 9.75. The summed E-state index contributed by atoms with van der Waals surface area (Å²) < 4.78 is 0. The smallest absolute Gasteiger partial charge is 0.228 e. The lowest BCUT2D eigenvalue weighted by Gasteiger charge is -2.35. The molecule has 1 fully saturated rings. The fraction of sp³-hybridized carbons (Fsp3) is 0.562. The van der Waals surface area contributed by atoms with Crippen LogP contribution in [0.25, 0.3) is 0 Å². The maximum atomic E-state index is 11.4. The summed E-state index contributed by atoms with van der Waals surface area (Å²) in [5.74, 6) is 0.0518. The first-order chi connectivity index (χ1) is 9.43. The summed E-state index contributed by atoms with van der Waals surface area (Å²) in [6.07, 6.45) is 5.28. The van der Waals surface area contributed by atoms with E-state index in [0.29, 0.717) is 17.9 Å². The molecule has 108 valence electrons. The predicted molar refractivity (Wildman–Crippen MR) is 82.8 cm³/mol. The number of amides is 1. The Morgan fingerprint density at radius 3 is 2.70 bits per heavy atom. The summed E-state index contributed by atoms with van der Waals surface area (Å²) in [6, 6.07) is 4.39. The van der Waals surface area contributed by atoms with Gasteiger partial charge in [0.05, 0.1) is 17.8 Å². The highest BCUT2D eigenvalue weighted by Gasteiger charge is 2.27. The molecule has 1 saturated carbocycles. The van der Waals surface area contributed by atoms with E-state index in [4.69, 9.17) is 5.73 Å². The molecule has 1 amide bonds. The zero-order valence-electron chi connectivity index (χ0n) is 12.3. The monoisotopic (exact) mass is 273 g/mol. The minimum absolute atomic E-state index is 0.0518. The Hall–Kier alpha value is -1.71. The van der Waals surface area contributed by atoms with Crippen molar-refractivity contribution >= 4 is 23.0 Å². The topological polar surface area (TPSA) is 67.1 Å². The summed E-state index contributed by atoms with van der Waals surface area (Å²) in [5.41, 5.74) is 10.2. The van der Waals surface area contributed by atoms with Gasteiger partial charge >= 0.3 is 0 Å². The molecular formula is C16H23N3O. The van der Waals surface area contributed by atoms with Crippen LogP contribution < -0.4 is 16.4 Å². The number of nitrogen functional groups attached to an aromatic ring is 1. The van der Waals surface area contributed by atoms with Crippen molar-refractivity contribution < 1.29 is 4.79 Å². The molecular weight excluding hydrogens is 250 g/mol. The second-order valence-corrected chi connectivity index (χ2v) is 6.90. The van der Waals surface area contributed by atoms with E-state index < -0.39 is 0 Å². The molecule has 0 aromatic heterocycles. The van der Waals surface area contributed by atoms with Gasteiger partial charge in [-0.25, -0.2) is 0 Å². The van der Waals surface area contributed by atoms with Crippen LogP contribution in [0.4, 0.5) is 17.1 Å². The van der Waals surface area contributed by atoms with Crippen LogP contribution in [0.5, 0.6) is 0 Å². The lowest BCUT2D eigenvalue weighted by molar-refractivity contribution is -0.115. The molecule has 20 heavy (non-hydrogen) atoms. The zero-order chi connectivity index (χ0) is 14.3. The molecule has 1 aromatic carbocycles. The standard InChI is InChI=1S/C16H23N3O/c1-16(2)5-3-11(4-6-16)18-14-9-13-10(7-12(14)17)8-15(20)19-13/h7,9,11,18H,3-6,8,17H2,1-2H3,(H,19,20). The molecule has 4 nitrogen and oxygen atoms in total. The van der Waals surface area contributed by atoms with Crippen molar-refractivity contribution in [3.63, 3.8) is 0 Å². The Labute approximate surface area is 120 Å². The van der Waals surface area contributed by atoms with Gasteiger partial charge in [-0.3, -0.25) is 4.79 Å². The van der Waals surface area contributed by atoms with Crippen molar-refractivity contribution in [3.8, 4) is 0 Å². The maximum Gasteiger partial charge on any atom is 0.228 e. The third kappa shape index (κ3) is 2.60. The number of carbonyl (C=O) groups excluding carboxylic acids is 1. The highest BCUT2D eigenvalue weighted by Crippen LogP contribution is 2.38. The maximum absolute atomic E-state index is 11.4. The van der Waals surface area contributed by atoms with E-state index in [-0.39, 0.29) is 5.91 Å². The molecule has 0 saturated heterocycles. The molecule has 1 heterocycles. The normalized spacial score (nSPS) is 21.4. The van der Waals surface area contributed by atoms with Crippen molar-refractivity contribution in [2.75, 3.05) is 16.4 Å². The molecule has 4 heteroatoms. The number of nitrogens with two attached hydrogens (primary N) is 1. The third-order valence-electron chi connectivity index (χ3n) is 4.60. The van der Waals surface area contributed by atoms with Crippen LogP contribution in [0.2, 0.25) is 0 Å². The SMILES string of the molecule is CC1(C)CCC(Nc2cc3c(cc2N)CC(=O)N3)CC1. The number of nitrogens with one attached hydrogen (secondary N) is 2. The van der Waals surface area contributed by atoms with Crippen LogP contribution in [-0.4, -0.2) is 11.9 Å². The summed E-state index contributed by atoms with van der Waals surface area (Å²) in [7, 11) is 0. The van der Waals surface area contributed by atoms with Crippen molar-refractivity contribution in [2.24, 2.45) is 5.41 Å². The highest BCUT2D eigenvalue weighted by atomic mass is 16.1. The number of rotatable bonds is 2. The van der Waals surface area contributed by atoms with Crippen LogP contribution in [0.1, 0.15) is 45.1 Å². The third-order valence-corrected chi connectivity index (χ3v) is 4.60. The Bertz CT molecular complexity index is 541. The number of hydrogen-bond acceptors (Lipinski definition) is 3. The van der Waals surface area contributed by atoms with Gasteiger partial charge in [-0.05, 0) is 48.8 Å². The van der Waals surface area contributed by atoms with Crippen LogP contribution in [-0.2, 0) is 11.2 Å². The van der Waals surface area contributed by atoms with Gasteiger partial charge in [0.2, 0.25) is 5.91 Å². The highest BCUT2D eigenvalue weighted by molar-refractivity contribution is 6.00. The number of fused-ring (bicyclic) bond motifs is 1. The largest absolute Gasteiger partial charge is 0.397 e. The number of hydrogen-bond donors (Lipinski definition) is 3. The van der Waals surface area contributed by atoms with E-state index >= 15 is 0 Å². The van der Waals surface area contributed by atoms with Crippen LogP contribution in [0.15, 0.2) is 12.1 Å². The Morgan fingerprint density at radius 1 is 1.30 bits per heavy atom. The van der Waals surface area contributed by atoms with E-state index in [1.54, 1.807) is 0 Å². The molecule has 1 aliphatic heterocycles. The molecule has 0 unspecified atom stereocenters. The Morgan fingerprint density at radius 2 is 2.00 bits per heavy atom.